The van der Waals surface area contributed by atoms with Crippen LogP contribution in [0.15, 0.2) is 103 Å². The van der Waals surface area contributed by atoms with E-state index in [4.69, 9.17) is 4.74 Å². The molecule has 46 heavy (non-hydrogen) atoms. The van der Waals surface area contributed by atoms with Gasteiger partial charge in [-0.1, -0.05) is 81.6 Å². The largest absolute Gasteiger partial charge is 4.00 e. The fraction of sp³-hybridized carbons (Fsp3) is 0.262. The van der Waals surface area contributed by atoms with Crippen molar-refractivity contribution < 1.29 is 25.8 Å². The molecule has 232 valence electrons. The van der Waals surface area contributed by atoms with Crippen molar-refractivity contribution in [3.63, 3.8) is 0 Å². The summed E-state index contributed by atoms with van der Waals surface area (Å²) in [6, 6.07) is 48.2. The Kier molecular flexibility index (Phi) is 8.32. The molecule has 0 radical (unpaired) electrons. The van der Waals surface area contributed by atoms with Crippen LogP contribution in [0.4, 0.5) is 11.4 Å². The van der Waals surface area contributed by atoms with E-state index in [9.17, 15) is 0 Å². The molecule has 0 amide bonds. The van der Waals surface area contributed by atoms with Crippen LogP contribution in [0.2, 0.25) is 0 Å². The molecule has 3 unspecified atom stereocenters. The Morgan fingerprint density at radius 2 is 1.48 bits per heavy atom. The molecule has 2 fully saturated rings. The Bertz CT molecular complexity index is 1830. The van der Waals surface area contributed by atoms with Crippen molar-refractivity contribution in [2.24, 2.45) is 0 Å². The Morgan fingerprint density at radius 1 is 0.739 bits per heavy atom. The van der Waals surface area contributed by atoms with Gasteiger partial charge in [0, 0.05) is 29.3 Å². The summed E-state index contributed by atoms with van der Waals surface area (Å²) >= 11 is 0. The molecule has 3 atom stereocenters. The first-order valence-electron chi connectivity index (χ1n) is 16.3. The standard InChI is InChI=1S/C42H38N2O.Pt/c1-42(2,3)30-24-32(44-28-43(31-16-8-5-9-17-31)39-20-12-13-21-40(39)44)26-34(25-30)45-33-22-23-36-35-18-10-11-19-37(35)41(38(36)27-33)29-14-6-4-7-15-29;/h4-11,14,16-19,22-25,28,39-41H,12-13,20-21H2,1-3H3;/q-4;+4. The predicted octanol–water partition coefficient (Wildman–Crippen LogP) is 10.1. The zero-order valence-electron chi connectivity index (χ0n) is 26.6. The van der Waals surface area contributed by atoms with Crippen LogP contribution in [0.3, 0.4) is 0 Å². The molecule has 0 N–H and O–H groups in total. The van der Waals surface area contributed by atoms with Gasteiger partial charge in [0.1, 0.15) is 0 Å². The Hall–Kier alpha value is -3.81. The minimum atomic E-state index is -0.0513. The summed E-state index contributed by atoms with van der Waals surface area (Å²) in [6.45, 7) is 9.12. The van der Waals surface area contributed by atoms with E-state index in [1.54, 1.807) is 0 Å². The van der Waals surface area contributed by atoms with Crippen molar-refractivity contribution in [1.82, 2.24) is 0 Å². The number of nitrogens with zero attached hydrogens (tertiary/aromatic N) is 2. The van der Waals surface area contributed by atoms with Gasteiger partial charge in [-0.15, -0.1) is 52.7 Å². The number of anilines is 2. The van der Waals surface area contributed by atoms with E-state index in [0.717, 1.165) is 22.6 Å². The molecule has 3 aliphatic rings. The fourth-order valence-corrected chi connectivity index (χ4v) is 7.49. The van der Waals surface area contributed by atoms with E-state index in [-0.39, 0.29) is 32.4 Å². The zero-order valence-corrected chi connectivity index (χ0v) is 28.8. The minimum Gasteiger partial charge on any atom is -0.519 e. The van der Waals surface area contributed by atoms with Crippen molar-refractivity contribution >= 4 is 11.4 Å². The van der Waals surface area contributed by atoms with Gasteiger partial charge in [0.25, 0.3) is 0 Å². The summed E-state index contributed by atoms with van der Waals surface area (Å²) in [7, 11) is 0. The number of hydrogen-bond acceptors (Lipinski definition) is 3. The minimum absolute atomic E-state index is 0. The first-order valence-corrected chi connectivity index (χ1v) is 16.3. The molecule has 1 saturated heterocycles. The number of hydrogen-bond donors (Lipinski definition) is 0. The van der Waals surface area contributed by atoms with Gasteiger partial charge >= 0.3 is 21.1 Å². The van der Waals surface area contributed by atoms with Crippen LogP contribution in [0.25, 0.3) is 11.1 Å². The molecule has 5 aromatic rings. The Morgan fingerprint density at radius 3 is 2.24 bits per heavy atom. The average Bonchev–Trinajstić information content (AvgIpc) is 3.61. The zero-order chi connectivity index (χ0) is 30.5. The maximum Gasteiger partial charge on any atom is 4.00 e. The third-order valence-corrected chi connectivity index (χ3v) is 9.75. The number of ether oxygens (including phenoxy) is 1. The van der Waals surface area contributed by atoms with Crippen molar-refractivity contribution in [2.45, 2.75) is 69.9 Å². The number of benzene rings is 5. The summed E-state index contributed by atoms with van der Waals surface area (Å²) in [6.07, 6.45) is 4.89. The van der Waals surface area contributed by atoms with E-state index in [2.05, 4.69) is 146 Å². The number of fused-ring (bicyclic) bond motifs is 4. The van der Waals surface area contributed by atoms with Gasteiger partial charge < -0.3 is 14.5 Å². The quantitative estimate of drug-likeness (QED) is 0.162. The van der Waals surface area contributed by atoms with Gasteiger partial charge in [-0.25, -0.2) is 0 Å². The SMILES string of the molecule is CC(C)(C)c1cc(Oc2[c-]c3c(cc2)-c2ccccc2C3c2[c-]cccc2)[c-]c(N2[CH-]N(c3ccccc3)C3CCCCC32)c1.[Pt+4]. The Labute approximate surface area is 288 Å². The molecular formula is C42H38N2OPt. The van der Waals surface area contributed by atoms with E-state index >= 15 is 0 Å². The van der Waals surface area contributed by atoms with Gasteiger partial charge in [0.2, 0.25) is 0 Å². The van der Waals surface area contributed by atoms with Crippen molar-refractivity contribution in [3.8, 4) is 22.6 Å². The molecule has 5 aromatic carbocycles. The molecule has 1 saturated carbocycles. The van der Waals surface area contributed by atoms with E-state index in [1.807, 2.05) is 12.1 Å². The summed E-state index contributed by atoms with van der Waals surface area (Å²) < 4.78 is 6.69. The Balaban J connectivity index is 0.00000338. The molecule has 1 aliphatic heterocycles. The van der Waals surface area contributed by atoms with Crippen LogP contribution in [0.5, 0.6) is 11.5 Å². The predicted molar refractivity (Wildman–Crippen MR) is 183 cm³/mol. The summed E-state index contributed by atoms with van der Waals surface area (Å²) in [5.41, 5.74) is 9.55. The third-order valence-electron chi connectivity index (χ3n) is 9.75. The van der Waals surface area contributed by atoms with Crippen LogP contribution < -0.4 is 14.5 Å². The maximum atomic E-state index is 6.69. The molecule has 2 aliphatic carbocycles. The molecule has 0 aromatic heterocycles. The van der Waals surface area contributed by atoms with Gasteiger partial charge in [0.15, 0.2) is 0 Å². The molecule has 3 nitrogen and oxygen atoms in total. The summed E-state index contributed by atoms with van der Waals surface area (Å²) in [4.78, 5) is 4.94. The molecule has 0 bridgehead atoms. The van der Waals surface area contributed by atoms with Gasteiger partial charge in [-0.05, 0) is 41.9 Å². The monoisotopic (exact) mass is 781 g/mol. The van der Waals surface area contributed by atoms with Crippen molar-refractivity contribution in [1.29, 1.82) is 0 Å². The van der Waals surface area contributed by atoms with Crippen LogP contribution in [0.1, 0.15) is 74.6 Å². The molecule has 0 spiro atoms. The van der Waals surface area contributed by atoms with E-state index < -0.39 is 0 Å². The summed E-state index contributed by atoms with van der Waals surface area (Å²) in [5.74, 6) is 1.52. The van der Waals surface area contributed by atoms with Crippen LogP contribution in [-0.4, -0.2) is 12.1 Å². The first-order chi connectivity index (χ1) is 21.9. The number of rotatable bonds is 5. The van der Waals surface area contributed by atoms with Crippen LogP contribution in [0, 0.1) is 24.9 Å². The van der Waals surface area contributed by atoms with Crippen molar-refractivity contribution in [3.05, 3.63) is 150 Å². The van der Waals surface area contributed by atoms with Crippen LogP contribution >= 0.6 is 0 Å². The molecular weight excluding hydrogens is 744 g/mol. The second-order valence-electron chi connectivity index (χ2n) is 13.6. The summed E-state index contributed by atoms with van der Waals surface area (Å²) in [5, 5.41) is 0. The third kappa shape index (κ3) is 5.58. The van der Waals surface area contributed by atoms with Crippen LogP contribution in [-0.2, 0) is 26.5 Å². The van der Waals surface area contributed by atoms with Gasteiger partial charge in [0.05, 0.1) is 0 Å². The number of para-hydroxylation sites is 1. The van der Waals surface area contributed by atoms with Gasteiger partial charge in [-0.3, -0.25) is 0 Å². The van der Waals surface area contributed by atoms with E-state index in [0.29, 0.717) is 17.8 Å². The maximum absolute atomic E-state index is 6.69. The molecule has 1 heterocycles. The smallest absolute Gasteiger partial charge is 0.519 e. The normalized spacial score (nSPS) is 20.0. The second-order valence-corrected chi connectivity index (χ2v) is 13.6. The topological polar surface area (TPSA) is 15.7 Å². The van der Waals surface area contributed by atoms with E-state index in [1.165, 1.54) is 53.6 Å². The second kappa shape index (κ2) is 12.4. The van der Waals surface area contributed by atoms with Crippen molar-refractivity contribution in [2.75, 3.05) is 9.80 Å². The van der Waals surface area contributed by atoms with Gasteiger partial charge in [-0.2, -0.15) is 48.6 Å². The first kappa shape index (κ1) is 30.8. The average molecular weight is 782 g/mol. The molecule has 4 heteroatoms. The fourth-order valence-electron chi connectivity index (χ4n) is 7.49. The molecule has 8 rings (SSSR count).